The monoisotopic (exact) mass is 515 g/mol. The zero-order chi connectivity index (χ0) is 27.4. The second-order valence-corrected chi connectivity index (χ2v) is 9.61. The minimum absolute atomic E-state index is 0.528. The van der Waals surface area contributed by atoms with E-state index in [0.29, 0.717) is 11.1 Å². The van der Waals surface area contributed by atoms with Gasteiger partial charge in [-0.1, -0.05) is 18.2 Å². The minimum atomic E-state index is 0.528. The van der Waals surface area contributed by atoms with Crippen LogP contribution in [0.3, 0.4) is 0 Å². The van der Waals surface area contributed by atoms with Gasteiger partial charge in [-0.3, -0.25) is 9.58 Å². The summed E-state index contributed by atoms with van der Waals surface area (Å²) in [5, 5.41) is 27.4. The van der Waals surface area contributed by atoms with Gasteiger partial charge in [-0.25, -0.2) is 9.51 Å². The molecule has 0 radical (unpaired) electrons. The van der Waals surface area contributed by atoms with Crippen molar-refractivity contribution in [2.75, 3.05) is 26.2 Å². The summed E-state index contributed by atoms with van der Waals surface area (Å²) in [5.74, 6) is 0.820. The Labute approximate surface area is 227 Å². The second-order valence-electron chi connectivity index (χ2n) is 9.61. The molecule has 194 valence electrons. The molecule has 1 aliphatic heterocycles. The van der Waals surface area contributed by atoms with Crippen LogP contribution in [-0.4, -0.2) is 62.1 Å². The molecule has 9 heteroatoms. The molecule has 4 aromatic rings. The standard InChI is InChI=1S/C30H29N9/c1-22(28-14-25(27-18-34-36(3)20-27)21-39-30(28)26(16-32)17-35-39)4-9-29(33-2)38-12-10-37(11-13-38)19-24-7-5-23(15-31)6-8-24/h4-9,14,17-18,20-21H,2,10-13,19H2,1,3H3/b22-4+,29-9+. The predicted octanol–water partition coefficient (Wildman–Crippen LogP) is 4.24. The van der Waals surface area contributed by atoms with Gasteiger partial charge in [0.15, 0.2) is 0 Å². The van der Waals surface area contributed by atoms with E-state index in [1.54, 1.807) is 15.4 Å². The number of benzene rings is 1. The summed E-state index contributed by atoms with van der Waals surface area (Å²) in [6.45, 7) is 10.2. The highest BCUT2D eigenvalue weighted by molar-refractivity contribution is 5.84. The van der Waals surface area contributed by atoms with Crippen molar-refractivity contribution in [2.45, 2.75) is 13.5 Å². The van der Waals surface area contributed by atoms with Crippen LogP contribution < -0.4 is 0 Å². The molecule has 1 aliphatic rings. The van der Waals surface area contributed by atoms with E-state index in [-0.39, 0.29) is 0 Å². The lowest BCUT2D eigenvalue weighted by atomic mass is 10.0. The molecule has 1 aromatic carbocycles. The zero-order valence-corrected chi connectivity index (χ0v) is 22.1. The highest BCUT2D eigenvalue weighted by Crippen LogP contribution is 2.29. The van der Waals surface area contributed by atoms with Gasteiger partial charge in [0.25, 0.3) is 0 Å². The van der Waals surface area contributed by atoms with E-state index < -0.39 is 0 Å². The van der Waals surface area contributed by atoms with Crippen LogP contribution in [0.1, 0.15) is 29.2 Å². The molecule has 4 heterocycles. The molecule has 0 spiro atoms. The van der Waals surface area contributed by atoms with Crippen molar-refractivity contribution >= 4 is 17.8 Å². The molecule has 0 N–H and O–H groups in total. The molecule has 0 bridgehead atoms. The number of pyridine rings is 1. The largest absolute Gasteiger partial charge is 0.354 e. The Morgan fingerprint density at radius 2 is 1.77 bits per heavy atom. The highest BCUT2D eigenvalue weighted by Gasteiger charge is 2.19. The Morgan fingerprint density at radius 1 is 1.00 bits per heavy atom. The quantitative estimate of drug-likeness (QED) is 0.270. The molecule has 9 nitrogen and oxygen atoms in total. The van der Waals surface area contributed by atoms with Crippen molar-refractivity contribution in [3.8, 4) is 23.3 Å². The van der Waals surface area contributed by atoms with Crippen molar-refractivity contribution in [1.82, 2.24) is 29.2 Å². The first-order valence-corrected chi connectivity index (χ1v) is 12.7. The Bertz CT molecular complexity index is 1650. The Hall–Kier alpha value is -4.99. The summed E-state index contributed by atoms with van der Waals surface area (Å²) in [6, 6.07) is 14.3. The van der Waals surface area contributed by atoms with E-state index in [1.165, 1.54) is 5.56 Å². The lowest BCUT2D eigenvalue weighted by Crippen LogP contribution is -2.45. The molecule has 5 rings (SSSR count). The van der Waals surface area contributed by atoms with Crippen molar-refractivity contribution in [3.05, 3.63) is 95.3 Å². The van der Waals surface area contributed by atoms with Gasteiger partial charge in [0.1, 0.15) is 11.9 Å². The average Bonchev–Trinajstić information content (AvgIpc) is 3.60. The topological polar surface area (TPSA) is 102 Å². The third-order valence-electron chi connectivity index (χ3n) is 7.03. The van der Waals surface area contributed by atoms with Gasteiger partial charge < -0.3 is 4.90 Å². The van der Waals surface area contributed by atoms with E-state index in [9.17, 15) is 5.26 Å². The van der Waals surface area contributed by atoms with Gasteiger partial charge in [-0.05, 0) is 49.1 Å². The molecule has 1 saturated heterocycles. The number of hydrogen-bond acceptors (Lipinski definition) is 7. The summed E-state index contributed by atoms with van der Waals surface area (Å²) in [5.41, 5.74) is 7.05. The number of rotatable bonds is 7. The van der Waals surface area contributed by atoms with Crippen LogP contribution in [0.4, 0.5) is 0 Å². The van der Waals surface area contributed by atoms with E-state index in [0.717, 1.165) is 66.3 Å². The smallest absolute Gasteiger partial charge is 0.127 e. The maximum atomic E-state index is 9.69. The Balaban J connectivity index is 1.35. The zero-order valence-electron chi connectivity index (χ0n) is 22.1. The van der Waals surface area contributed by atoms with Crippen molar-refractivity contribution < 1.29 is 0 Å². The van der Waals surface area contributed by atoms with Crippen molar-refractivity contribution in [1.29, 1.82) is 10.5 Å². The molecule has 0 aliphatic carbocycles. The maximum Gasteiger partial charge on any atom is 0.127 e. The predicted molar refractivity (Wildman–Crippen MR) is 151 cm³/mol. The van der Waals surface area contributed by atoms with Crippen molar-refractivity contribution in [3.63, 3.8) is 0 Å². The van der Waals surface area contributed by atoms with Gasteiger partial charge in [-0.2, -0.15) is 20.7 Å². The van der Waals surface area contributed by atoms with Gasteiger partial charge in [0, 0.05) is 68.9 Å². The van der Waals surface area contributed by atoms with E-state index in [2.05, 4.69) is 49.9 Å². The van der Waals surface area contributed by atoms with Crippen LogP contribution in [0.5, 0.6) is 0 Å². The fraction of sp³-hybridized carbons (Fsp3) is 0.233. The first kappa shape index (κ1) is 25.7. The second kappa shape index (κ2) is 11.2. The summed E-state index contributed by atoms with van der Waals surface area (Å²) < 4.78 is 3.53. The van der Waals surface area contributed by atoms with Gasteiger partial charge in [0.2, 0.25) is 0 Å². The van der Waals surface area contributed by atoms with Crippen LogP contribution in [0.2, 0.25) is 0 Å². The number of aliphatic imine (C=N–C) groups is 1. The average molecular weight is 516 g/mol. The number of nitriles is 2. The van der Waals surface area contributed by atoms with Crippen molar-refractivity contribution in [2.24, 2.45) is 12.0 Å². The van der Waals surface area contributed by atoms with Crippen LogP contribution in [0.25, 0.3) is 22.2 Å². The number of fused-ring (bicyclic) bond motifs is 1. The number of nitrogens with zero attached hydrogens (tertiary/aromatic N) is 9. The third-order valence-corrected chi connectivity index (χ3v) is 7.03. The van der Waals surface area contributed by atoms with Crippen LogP contribution >= 0.6 is 0 Å². The number of piperazine rings is 1. The molecule has 39 heavy (non-hydrogen) atoms. The number of aryl methyl sites for hydroxylation is 1. The summed E-state index contributed by atoms with van der Waals surface area (Å²) in [6.07, 6.45) is 11.3. The minimum Gasteiger partial charge on any atom is -0.354 e. The summed E-state index contributed by atoms with van der Waals surface area (Å²) in [4.78, 5) is 8.97. The lowest BCUT2D eigenvalue weighted by Gasteiger charge is -2.36. The fourth-order valence-corrected chi connectivity index (χ4v) is 4.86. The first-order chi connectivity index (χ1) is 19.0. The van der Waals surface area contributed by atoms with Gasteiger partial charge in [-0.15, -0.1) is 0 Å². The Kier molecular flexibility index (Phi) is 7.35. The van der Waals surface area contributed by atoms with E-state index in [1.807, 2.05) is 69.0 Å². The maximum absolute atomic E-state index is 9.69. The number of allylic oxidation sites excluding steroid dienone is 3. The van der Waals surface area contributed by atoms with Gasteiger partial charge in [0.05, 0.1) is 35.1 Å². The number of hydrogen-bond donors (Lipinski definition) is 0. The van der Waals surface area contributed by atoms with E-state index in [4.69, 9.17) is 5.26 Å². The summed E-state index contributed by atoms with van der Waals surface area (Å²) >= 11 is 0. The van der Waals surface area contributed by atoms with E-state index >= 15 is 0 Å². The molecular formula is C30H29N9. The SMILES string of the molecule is C=N/C(=C\C=C(/C)c1cc(-c2cnn(C)c2)cn2ncc(C#N)c12)N1CCN(Cc2ccc(C#N)cc2)CC1. The van der Waals surface area contributed by atoms with Crippen LogP contribution in [0.15, 0.2) is 78.1 Å². The van der Waals surface area contributed by atoms with Gasteiger partial charge >= 0.3 is 0 Å². The molecule has 0 saturated carbocycles. The molecule has 0 unspecified atom stereocenters. The van der Waals surface area contributed by atoms with Crippen LogP contribution in [-0.2, 0) is 13.6 Å². The molecule has 0 amide bonds. The third kappa shape index (κ3) is 5.49. The van der Waals surface area contributed by atoms with Crippen LogP contribution in [0, 0.1) is 22.7 Å². The number of aromatic nitrogens is 4. The highest BCUT2D eigenvalue weighted by atomic mass is 15.3. The molecule has 3 aromatic heterocycles. The normalized spacial score (nSPS) is 14.8. The lowest BCUT2D eigenvalue weighted by molar-refractivity contribution is 0.152. The summed E-state index contributed by atoms with van der Waals surface area (Å²) in [7, 11) is 1.89. The molecule has 0 atom stereocenters. The first-order valence-electron chi connectivity index (χ1n) is 12.7. The fourth-order valence-electron chi connectivity index (χ4n) is 4.86. The molecule has 1 fully saturated rings. The Morgan fingerprint density at radius 3 is 2.41 bits per heavy atom. The molecular weight excluding hydrogens is 486 g/mol.